The highest BCUT2D eigenvalue weighted by molar-refractivity contribution is 7.89. The number of aliphatic hydroxyl groups is 1. The van der Waals surface area contributed by atoms with E-state index in [4.69, 9.17) is 16.7 Å². The van der Waals surface area contributed by atoms with Crippen molar-refractivity contribution in [1.82, 2.24) is 4.31 Å². The number of halogens is 1. The third kappa shape index (κ3) is 3.45. The van der Waals surface area contributed by atoms with Crippen molar-refractivity contribution >= 4 is 21.6 Å². The van der Waals surface area contributed by atoms with Crippen molar-refractivity contribution in [3.05, 3.63) is 28.8 Å². The quantitative estimate of drug-likeness (QED) is 0.872. The zero-order valence-electron chi connectivity index (χ0n) is 10.6. The van der Waals surface area contributed by atoms with Crippen LogP contribution in [0.3, 0.4) is 0 Å². The van der Waals surface area contributed by atoms with Gasteiger partial charge < -0.3 is 5.11 Å². The van der Waals surface area contributed by atoms with E-state index >= 15 is 0 Å². The van der Waals surface area contributed by atoms with Gasteiger partial charge in [-0.25, -0.2) is 8.42 Å². The van der Waals surface area contributed by atoms with E-state index in [1.54, 1.807) is 19.1 Å². The van der Waals surface area contributed by atoms with Crippen molar-refractivity contribution in [2.75, 3.05) is 19.7 Å². The molecule has 0 unspecified atom stereocenters. The number of nitrogens with zero attached hydrogens (tertiary/aromatic N) is 1. The first-order chi connectivity index (χ1) is 8.43. The number of hydrogen-bond donors (Lipinski definition) is 1. The van der Waals surface area contributed by atoms with Crippen LogP contribution in [0.15, 0.2) is 23.1 Å². The number of aryl methyl sites for hydroxylation is 1. The van der Waals surface area contributed by atoms with E-state index in [2.05, 4.69) is 0 Å². The Morgan fingerprint density at radius 3 is 2.56 bits per heavy atom. The highest BCUT2D eigenvalue weighted by atomic mass is 35.5. The summed E-state index contributed by atoms with van der Waals surface area (Å²) in [6, 6.07) is 4.79. The standard InChI is InChI=1S/C12H18ClNO3S/c1-3-6-14(7-8-15)18(16,17)12-9-11(13)5-4-10(12)2/h4-5,9,15H,3,6-8H2,1-2H3. The van der Waals surface area contributed by atoms with Crippen molar-refractivity contribution in [2.45, 2.75) is 25.2 Å². The van der Waals surface area contributed by atoms with Gasteiger partial charge in [0.05, 0.1) is 11.5 Å². The van der Waals surface area contributed by atoms with E-state index in [0.717, 1.165) is 0 Å². The van der Waals surface area contributed by atoms with Gasteiger partial charge in [0.2, 0.25) is 10.0 Å². The highest BCUT2D eigenvalue weighted by Crippen LogP contribution is 2.23. The van der Waals surface area contributed by atoms with Crippen molar-refractivity contribution < 1.29 is 13.5 Å². The van der Waals surface area contributed by atoms with Gasteiger partial charge in [0.15, 0.2) is 0 Å². The highest BCUT2D eigenvalue weighted by Gasteiger charge is 2.25. The molecule has 1 N–H and O–H groups in total. The monoisotopic (exact) mass is 291 g/mol. The summed E-state index contributed by atoms with van der Waals surface area (Å²) in [6.45, 7) is 3.91. The second-order valence-electron chi connectivity index (χ2n) is 4.04. The van der Waals surface area contributed by atoms with Crippen LogP contribution in [0.5, 0.6) is 0 Å². The molecule has 1 rings (SSSR count). The fourth-order valence-electron chi connectivity index (χ4n) is 1.70. The SMILES string of the molecule is CCCN(CCO)S(=O)(=O)c1cc(Cl)ccc1C. The lowest BCUT2D eigenvalue weighted by Crippen LogP contribution is -2.34. The maximum atomic E-state index is 12.4. The molecule has 0 aliphatic rings. The summed E-state index contributed by atoms with van der Waals surface area (Å²) in [5.41, 5.74) is 0.651. The Morgan fingerprint density at radius 1 is 1.33 bits per heavy atom. The molecule has 18 heavy (non-hydrogen) atoms. The predicted octanol–water partition coefficient (Wildman–Crippen LogP) is 2.04. The van der Waals surface area contributed by atoms with Crippen LogP contribution >= 0.6 is 11.6 Å². The molecule has 0 amide bonds. The number of benzene rings is 1. The predicted molar refractivity (Wildman–Crippen MR) is 72.3 cm³/mol. The van der Waals surface area contributed by atoms with E-state index in [1.165, 1.54) is 10.4 Å². The summed E-state index contributed by atoms with van der Waals surface area (Å²) >= 11 is 5.85. The van der Waals surface area contributed by atoms with E-state index in [9.17, 15) is 8.42 Å². The van der Waals surface area contributed by atoms with Gasteiger partial charge in [-0.3, -0.25) is 0 Å². The van der Waals surface area contributed by atoms with Crippen LogP contribution < -0.4 is 0 Å². The maximum absolute atomic E-state index is 12.4. The van der Waals surface area contributed by atoms with Gasteiger partial charge in [-0.1, -0.05) is 24.6 Å². The van der Waals surface area contributed by atoms with Crippen LogP contribution in [-0.4, -0.2) is 37.5 Å². The number of sulfonamides is 1. The van der Waals surface area contributed by atoms with Crippen LogP contribution in [0.4, 0.5) is 0 Å². The lowest BCUT2D eigenvalue weighted by Gasteiger charge is -2.21. The molecule has 0 spiro atoms. The van der Waals surface area contributed by atoms with Crippen molar-refractivity contribution in [3.8, 4) is 0 Å². The molecule has 0 radical (unpaired) electrons. The normalized spacial score (nSPS) is 12.1. The first-order valence-electron chi connectivity index (χ1n) is 5.80. The Morgan fingerprint density at radius 2 is 2.00 bits per heavy atom. The molecular weight excluding hydrogens is 274 g/mol. The maximum Gasteiger partial charge on any atom is 0.243 e. The van der Waals surface area contributed by atoms with Crippen molar-refractivity contribution in [3.63, 3.8) is 0 Å². The summed E-state index contributed by atoms with van der Waals surface area (Å²) in [5.74, 6) is 0. The molecule has 0 bridgehead atoms. The van der Waals surface area contributed by atoms with E-state index in [0.29, 0.717) is 23.6 Å². The van der Waals surface area contributed by atoms with Gasteiger partial charge in [0.25, 0.3) is 0 Å². The fourth-order valence-corrected chi connectivity index (χ4v) is 3.71. The Bertz CT molecular complexity index is 496. The van der Waals surface area contributed by atoms with Gasteiger partial charge in [-0.2, -0.15) is 4.31 Å². The third-order valence-electron chi connectivity index (χ3n) is 2.59. The Balaban J connectivity index is 3.21. The van der Waals surface area contributed by atoms with E-state index < -0.39 is 10.0 Å². The molecule has 102 valence electrons. The third-order valence-corrected chi connectivity index (χ3v) is 4.87. The van der Waals surface area contributed by atoms with Gasteiger partial charge in [-0.05, 0) is 31.0 Å². The summed E-state index contributed by atoms with van der Waals surface area (Å²) in [6.07, 6.45) is 0.693. The van der Waals surface area contributed by atoms with E-state index in [-0.39, 0.29) is 18.0 Å². The largest absolute Gasteiger partial charge is 0.395 e. The Labute approximate surface area is 113 Å². The van der Waals surface area contributed by atoms with Crippen LogP contribution in [0.2, 0.25) is 5.02 Å². The fraction of sp³-hybridized carbons (Fsp3) is 0.500. The minimum Gasteiger partial charge on any atom is -0.395 e. The molecular formula is C12H18ClNO3S. The zero-order chi connectivity index (χ0) is 13.8. The van der Waals surface area contributed by atoms with Gasteiger partial charge >= 0.3 is 0 Å². The number of rotatable bonds is 6. The summed E-state index contributed by atoms with van der Waals surface area (Å²) in [5, 5.41) is 9.35. The van der Waals surface area contributed by atoms with Crippen molar-refractivity contribution in [2.24, 2.45) is 0 Å². The topological polar surface area (TPSA) is 57.6 Å². The van der Waals surface area contributed by atoms with Crippen LogP contribution in [0.25, 0.3) is 0 Å². The molecule has 0 saturated heterocycles. The molecule has 0 aliphatic heterocycles. The van der Waals surface area contributed by atoms with Crippen molar-refractivity contribution in [1.29, 1.82) is 0 Å². The molecule has 0 fully saturated rings. The molecule has 4 nitrogen and oxygen atoms in total. The molecule has 0 saturated carbocycles. The average molecular weight is 292 g/mol. The Hall–Kier alpha value is -0.620. The molecule has 0 aliphatic carbocycles. The van der Waals surface area contributed by atoms with Gasteiger partial charge in [-0.15, -0.1) is 0 Å². The average Bonchev–Trinajstić information content (AvgIpc) is 2.32. The smallest absolute Gasteiger partial charge is 0.243 e. The zero-order valence-corrected chi connectivity index (χ0v) is 12.1. The van der Waals surface area contributed by atoms with Gasteiger partial charge in [0, 0.05) is 18.1 Å². The second-order valence-corrected chi connectivity index (χ2v) is 6.38. The van der Waals surface area contributed by atoms with E-state index in [1.807, 2.05) is 6.92 Å². The first-order valence-corrected chi connectivity index (χ1v) is 7.62. The minimum atomic E-state index is -3.59. The molecule has 1 aromatic carbocycles. The summed E-state index contributed by atoms with van der Waals surface area (Å²) in [7, 11) is -3.59. The lowest BCUT2D eigenvalue weighted by molar-refractivity contribution is 0.253. The lowest BCUT2D eigenvalue weighted by atomic mass is 10.2. The molecule has 6 heteroatoms. The van der Waals surface area contributed by atoms with Crippen LogP contribution in [-0.2, 0) is 10.0 Å². The first kappa shape index (κ1) is 15.4. The van der Waals surface area contributed by atoms with Gasteiger partial charge in [0.1, 0.15) is 0 Å². The molecule has 0 heterocycles. The minimum absolute atomic E-state index is 0.0993. The second kappa shape index (κ2) is 6.52. The molecule has 1 aromatic rings. The van der Waals surface area contributed by atoms with Crippen LogP contribution in [0, 0.1) is 6.92 Å². The summed E-state index contributed by atoms with van der Waals surface area (Å²) in [4.78, 5) is 0.205. The Kier molecular flexibility index (Phi) is 5.59. The number of hydrogen-bond acceptors (Lipinski definition) is 3. The number of aliphatic hydroxyl groups excluding tert-OH is 1. The molecule has 0 aromatic heterocycles. The van der Waals surface area contributed by atoms with Crippen LogP contribution in [0.1, 0.15) is 18.9 Å². The molecule has 0 atom stereocenters. The summed E-state index contributed by atoms with van der Waals surface area (Å²) < 4.78 is 26.2.